The number of aliphatic hydroxyl groups is 1. The molecule has 7 heteroatoms. The van der Waals surface area contributed by atoms with Crippen LogP contribution in [-0.2, 0) is 16.8 Å². The van der Waals surface area contributed by atoms with Gasteiger partial charge in [-0.15, -0.1) is 0 Å². The third-order valence-electron chi connectivity index (χ3n) is 2.30. The van der Waals surface area contributed by atoms with Crippen molar-refractivity contribution in [3.05, 3.63) is 35.1 Å². The highest BCUT2D eigenvalue weighted by Crippen LogP contribution is 2.10. The van der Waals surface area contributed by atoms with E-state index in [-0.39, 0.29) is 25.3 Å². The largest absolute Gasteiger partial charge is 0.395 e. The Bertz CT molecular complexity index is 606. The Morgan fingerprint density at radius 3 is 2.75 bits per heavy atom. The number of halogens is 1. The van der Waals surface area contributed by atoms with Gasteiger partial charge >= 0.3 is 0 Å². The van der Waals surface area contributed by atoms with Gasteiger partial charge in [0.2, 0.25) is 0 Å². The third-order valence-corrected chi connectivity index (χ3v) is 3.50. The van der Waals surface area contributed by atoms with E-state index in [0.29, 0.717) is 12.0 Å². The number of hydrogen-bond acceptors (Lipinski definition) is 3. The lowest BCUT2D eigenvalue weighted by molar-refractivity contribution is 0.305. The fourth-order valence-electron chi connectivity index (χ4n) is 1.42. The summed E-state index contributed by atoms with van der Waals surface area (Å²) in [5, 5.41) is 8.62. The molecule has 0 aliphatic carbocycles. The number of benzene rings is 1. The fourth-order valence-corrected chi connectivity index (χ4v) is 2.25. The molecule has 0 amide bonds. The molecule has 0 fully saturated rings. The van der Waals surface area contributed by atoms with Gasteiger partial charge in [-0.25, -0.2) is 9.11 Å². The van der Waals surface area contributed by atoms with Crippen LogP contribution in [0.5, 0.6) is 0 Å². The maximum Gasteiger partial charge on any atom is 0.277 e. The SMILES string of the molecule is CCNS(=O)(=O)NCc1cc(C#CCCO)ccc1F. The smallest absolute Gasteiger partial charge is 0.277 e. The summed E-state index contributed by atoms with van der Waals surface area (Å²) in [6.07, 6.45) is 0.333. The van der Waals surface area contributed by atoms with E-state index in [1.54, 1.807) is 6.92 Å². The van der Waals surface area contributed by atoms with Crippen molar-refractivity contribution in [3.8, 4) is 11.8 Å². The van der Waals surface area contributed by atoms with Crippen LogP contribution in [0.25, 0.3) is 0 Å². The number of hydrogen-bond donors (Lipinski definition) is 3. The zero-order valence-electron chi connectivity index (χ0n) is 11.1. The molecule has 0 heterocycles. The van der Waals surface area contributed by atoms with Crippen LogP contribution >= 0.6 is 0 Å². The lowest BCUT2D eigenvalue weighted by Crippen LogP contribution is -2.36. The summed E-state index contributed by atoms with van der Waals surface area (Å²) < 4.78 is 40.9. The van der Waals surface area contributed by atoms with Gasteiger partial charge in [0.05, 0.1) is 6.61 Å². The molecular weight excluding hydrogens is 283 g/mol. The van der Waals surface area contributed by atoms with Gasteiger partial charge in [0.15, 0.2) is 0 Å². The minimum Gasteiger partial charge on any atom is -0.395 e. The van der Waals surface area contributed by atoms with Gasteiger partial charge in [0, 0.05) is 30.6 Å². The van der Waals surface area contributed by atoms with E-state index in [2.05, 4.69) is 21.3 Å². The highest BCUT2D eigenvalue weighted by atomic mass is 32.2. The highest BCUT2D eigenvalue weighted by molar-refractivity contribution is 7.87. The van der Waals surface area contributed by atoms with Crippen molar-refractivity contribution in [3.63, 3.8) is 0 Å². The lowest BCUT2D eigenvalue weighted by atomic mass is 10.1. The molecule has 0 unspecified atom stereocenters. The summed E-state index contributed by atoms with van der Waals surface area (Å²) in [5.41, 5.74) is 0.778. The second kappa shape index (κ2) is 7.97. The van der Waals surface area contributed by atoms with Crippen LogP contribution in [0.4, 0.5) is 4.39 Å². The summed E-state index contributed by atoms with van der Waals surface area (Å²) in [4.78, 5) is 0. The molecule has 0 radical (unpaired) electrons. The van der Waals surface area contributed by atoms with Crippen LogP contribution in [0.2, 0.25) is 0 Å². The Labute approximate surface area is 118 Å². The van der Waals surface area contributed by atoms with Crippen molar-refractivity contribution in [2.45, 2.75) is 19.9 Å². The second-order valence-corrected chi connectivity index (χ2v) is 5.49. The van der Waals surface area contributed by atoms with Crippen LogP contribution in [0.1, 0.15) is 24.5 Å². The second-order valence-electron chi connectivity index (χ2n) is 3.90. The van der Waals surface area contributed by atoms with E-state index in [4.69, 9.17) is 5.11 Å². The molecule has 20 heavy (non-hydrogen) atoms. The molecule has 1 aromatic rings. The van der Waals surface area contributed by atoms with Gasteiger partial charge in [-0.2, -0.15) is 13.1 Å². The van der Waals surface area contributed by atoms with Gasteiger partial charge in [0.25, 0.3) is 10.2 Å². The summed E-state index contributed by atoms with van der Waals surface area (Å²) in [6.45, 7) is 1.71. The van der Waals surface area contributed by atoms with E-state index >= 15 is 0 Å². The first kappa shape index (κ1) is 16.6. The van der Waals surface area contributed by atoms with Crippen LogP contribution in [0.3, 0.4) is 0 Å². The molecule has 0 spiro atoms. The third kappa shape index (κ3) is 5.67. The molecule has 1 aromatic carbocycles. The molecule has 0 saturated heterocycles. The van der Waals surface area contributed by atoms with Crippen LogP contribution in [0, 0.1) is 17.7 Å². The van der Waals surface area contributed by atoms with Gasteiger partial charge in [-0.1, -0.05) is 18.8 Å². The van der Waals surface area contributed by atoms with Crippen LogP contribution in [-0.4, -0.2) is 26.7 Å². The van der Waals surface area contributed by atoms with Gasteiger partial charge < -0.3 is 5.11 Å². The molecule has 3 N–H and O–H groups in total. The molecule has 0 aliphatic heterocycles. The highest BCUT2D eigenvalue weighted by Gasteiger charge is 2.09. The predicted octanol–water partition coefficient (Wildman–Crippen LogP) is 0.503. The Balaban J connectivity index is 2.80. The molecular formula is C13H17FN2O3S. The summed E-state index contributed by atoms with van der Waals surface area (Å²) in [5.74, 6) is 4.98. The van der Waals surface area contributed by atoms with Crippen molar-refractivity contribution in [2.75, 3.05) is 13.2 Å². The van der Waals surface area contributed by atoms with Crippen molar-refractivity contribution in [1.82, 2.24) is 9.44 Å². The normalized spacial score (nSPS) is 10.9. The zero-order valence-corrected chi connectivity index (χ0v) is 11.9. The topological polar surface area (TPSA) is 78.4 Å². The van der Waals surface area contributed by atoms with E-state index < -0.39 is 16.0 Å². The van der Waals surface area contributed by atoms with E-state index in [1.165, 1.54) is 18.2 Å². The van der Waals surface area contributed by atoms with Crippen molar-refractivity contribution >= 4 is 10.2 Å². The minimum absolute atomic E-state index is 0.0382. The molecule has 5 nitrogen and oxygen atoms in total. The summed E-state index contributed by atoms with van der Waals surface area (Å²) in [7, 11) is -3.62. The van der Waals surface area contributed by atoms with Crippen molar-refractivity contribution in [1.29, 1.82) is 0 Å². The molecule has 0 aromatic heterocycles. The Morgan fingerprint density at radius 1 is 1.35 bits per heavy atom. The zero-order chi connectivity index (χ0) is 15.0. The quantitative estimate of drug-likeness (QED) is 0.670. The molecule has 0 saturated carbocycles. The number of rotatable bonds is 6. The number of nitrogens with one attached hydrogen (secondary N) is 2. The van der Waals surface area contributed by atoms with Gasteiger partial charge in [0.1, 0.15) is 5.82 Å². The predicted molar refractivity (Wildman–Crippen MR) is 74.4 cm³/mol. The van der Waals surface area contributed by atoms with Crippen LogP contribution in [0.15, 0.2) is 18.2 Å². The lowest BCUT2D eigenvalue weighted by Gasteiger charge is -2.07. The molecule has 1 rings (SSSR count). The number of aliphatic hydroxyl groups excluding tert-OH is 1. The standard InChI is InChI=1S/C13H17FN2O3S/c1-2-15-20(18,19)16-10-12-9-11(5-3-4-8-17)6-7-13(12)14/h6-7,9,15-17H,2,4,8,10H2,1H3. The Kier molecular flexibility index (Phi) is 6.61. The maximum absolute atomic E-state index is 13.6. The van der Waals surface area contributed by atoms with E-state index in [0.717, 1.165) is 0 Å². The first-order valence-electron chi connectivity index (χ1n) is 6.11. The molecule has 0 aliphatic rings. The Morgan fingerprint density at radius 2 is 2.10 bits per heavy atom. The summed E-state index contributed by atoms with van der Waals surface area (Å²) in [6, 6.07) is 4.22. The van der Waals surface area contributed by atoms with Crippen molar-refractivity contribution in [2.24, 2.45) is 0 Å². The minimum atomic E-state index is -3.62. The molecule has 0 atom stereocenters. The monoisotopic (exact) mass is 300 g/mol. The summed E-state index contributed by atoms with van der Waals surface area (Å²) >= 11 is 0. The van der Waals surface area contributed by atoms with Crippen LogP contribution < -0.4 is 9.44 Å². The first-order chi connectivity index (χ1) is 9.48. The fraction of sp³-hybridized carbons (Fsp3) is 0.385. The average Bonchev–Trinajstić information content (AvgIpc) is 2.39. The van der Waals surface area contributed by atoms with E-state index in [1.807, 2.05) is 0 Å². The van der Waals surface area contributed by atoms with Crippen molar-refractivity contribution < 1.29 is 17.9 Å². The van der Waals surface area contributed by atoms with Gasteiger partial charge in [-0.05, 0) is 18.2 Å². The molecule has 0 bridgehead atoms. The maximum atomic E-state index is 13.6. The average molecular weight is 300 g/mol. The first-order valence-corrected chi connectivity index (χ1v) is 7.59. The van der Waals surface area contributed by atoms with Gasteiger partial charge in [-0.3, -0.25) is 0 Å². The Hall–Kier alpha value is -1.46. The van der Waals surface area contributed by atoms with E-state index in [9.17, 15) is 12.8 Å². The molecule has 110 valence electrons.